The molecule has 1 aromatic rings. The van der Waals surface area contributed by atoms with Gasteiger partial charge in [-0.25, -0.2) is 0 Å². The average molecular weight is 209 g/mol. The summed E-state index contributed by atoms with van der Waals surface area (Å²) in [5.41, 5.74) is 3.96. The van der Waals surface area contributed by atoms with E-state index in [-0.39, 0.29) is 12.1 Å². The predicted molar refractivity (Wildman–Crippen MR) is 60.1 cm³/mol. The van der Waals surface area contributed by atoms with Crippen molar-refractivity contribution in [1.82, 2.24) is 10.4 Å². The minimum Gasteiger partial charge on any atom is -0.380 e. The first-order chi connectivity index (χ1) is 7.31. The highest BCUT2D eigenvalue weighted by Crippen LogP contribution is 2.09. The fourth-order valence-electron chi connectivity index (χ4n) is 1.69. The van der Waals surface area contributed by atoms with Crippen molar-refractivity contribution >= 4 is 0 Å². The maximum atomic E-state index is 5.52. The normalized spacial score (nSPS) is 14.9. The van der Waals surface area contributed by atoms with Crippen LogP contribution in [0.2, 0.25) is 0 Å². The van der Waals surface area contributed by atoms with E-state index in [9.17, 15) is 0 Å². The van der Waals surface area contributed by atoms with Crippen LogP contribution in [0.15, 0.2) is 24.5 Å². The van der Waals surface area contributed by atoms with E-state index in [1.165, 1.54) is 0 Å². The summed E-state index contributed by atoms with van der Waals surface area (Å²) < 4.78 is 5.36. The summed E-state index contributed by atoms with van der Waals surface area (Å²) in [6, 6.07) is 4.10. The van der Waals surface area contributed by atoms with Gasteiger partial charge in [-0.1, -0.05) is 13.0 Å². The van der Waals surface area contributed by atoms with Crippen molar-refractivity contribution in [2.75, 3.05) is 7.11 Å². The fraction of sp³-hybridized carbons (Fsp3) is 0.545. The number of pyridine rings is 1. The summed E-state index contributed by atoms with van der Waals surface area (Å²) in [5.74, 6) is 5.52. The molecule has 0 radical (unpaired) electrons. The Morgan fingerprint density at radius 3 is 2.87 bits per heavy atom. The second-order valence-corrected chi connectivity index (χ2v) is 3.52. The van der Waals surface area contributed by atoms with Crippen LogP contribution in [0.5, 0.6) is 0 Å². The molecule has 1 aromatic heterocycles. The number of hydrazine groups is 1. The van der Waals surface area contributed by atoms with Crippen LogP contribution in [-0.4, -0.2) is 24.2 Å². The zero-order valence-electron chi connectivity index (χ0n) is 9.31. The minimum atomic E-state index is 0.129. The quantitative estimate of drug-likeness (QED) is 0.539. The van der Waals surface area contributed by atoms with Crippen LogP contribution in [0.1, 0.15) is 18.9 Å². The molecule has 84 valence electrons. The highest BCUT2D eigenvalue weighted by atomic mass is 16.5. The monoisotopic (exact) mass is 209 g/mol. The van der Waals surface area contributed by atoms with Gasteiger partial charge in [-0.2, -0.15) is 0 Å². The van der Waals surface area contributed by atoms with Gasteiger partial charge in [0.15, 0.2) is 0 Å². The van der Waals surface area contributed by atoms with Gasteiger partial charge in [0, 0.05) is 19.5 Å². The van der Waals surface area contributed by atoms with Crippen LogP contribution in [0, 0.1) is 0 Å². The lowest BCUT2D eigenvalue weighted by molar-refractivity contribution is 0.0653. The number of methoxy groups -OCH3 is 1. The molecule has 0 amide bonds. The van der Waals surface area contributed by atoms with E-state index in [1.54, 1.807) is 13.3 Å². The highest BCUT2D eigenvalue weighted by molar-refractivity contribution is 5.10. The zero-order chi connectivity index (χ0) is 11.1. The lowest BCUT2D eigenvalue weighted by Crippen LogP contribution is -2.46. The van der Waals surface area contributed by atoms with Crippen molar-refractivity contribution in [3.8, 4) is 0 Å². The van der Waals surface area contributed by atoms with Crippen molar-refractivity contribution in [2.24, 2.45) is 5.84 Å². The Labute approximate surface area is 90.8 Å². The highest BCUT2D eigenvalue weighted by Gasteiger charge is 2.18. The molecular formula is C11H19N3O. The van der Waals surface area contributed by atoms with Crippen LogP contribution in [-0.2, 0) is 11.2 Å². The van der Waals surface area contributed by atoms with Gasteiger partial charge in [0.05, 0.1) is 12.1 Å². The van der Waals surface area contributed by atoms with Crippen LogP contribution in [0.3, 0.4) is 0 Å². The Kier molecular flexibility index (Phi) is 5.25. The van der Waals surface area contributed by atoms with Crippen molar-refractivity contribution in [1.29, 1.82) is 0 Å². The van der Waals surface area contributed by atoms with E-state index in [2.05, 4.69) is 17.3 Å². The van der Waals surface area contributed by atoms with Gasteiger partial charge in [-0.3, -0.25) is 16.3 Å². The predicted octanol–water partition coefficient (Wildman–Crippen LogP) is 0.881. The third kappa shape index (κ3) is 3.58. The van der Waals surface area contributed by atoms with Gasteiger partial charge in [-0.05, 0) is 24.5 Å². The Balaban J connectivity index is 2.61. The van der Waals surface area contributed by atoms with E-state index in [0.717, 1.165) is 18.4 Å². The first-order valence-electron chi connectivity index (χ1n) is 5.19. The molecule has 0 aliphatic carbocycles. The fourth-order valence-corrected chi connectivity index (χ4v) is 1.69. The van der Waals surface area contributed by atoms with E-state index in [0.29, 0.717) is 0 Å². The van der Waals surface area contributed by atoms with Gasteiger partial charge >= 0.3 is 0 Å². The molecule has 0 bridgehead atoms. The molecule has 0 saturated carbocycles. The lowest BCUT2D eigenvalue weighted by Gasteiger charge is -2.24. The molecule has 0 spiro atoms. The molecule has 3 N–H and O–H groups in total. The number of hydrogen-bond donors (Lipinski definition) is 2. The number of nitrogens with zero attached hydrogens (tertiary/aromatic N) is 1. The van der Waals surface area contributed by atoms with Crippen LogP contribution in [0.25, 0.3) is 0 Å². The molecule has 2 unspecified atom stereocenters. The number of hydrogen-bond acceptors (Lipinski definition) is 4. The SMILES string of the molecule is CCC(OC)C(Cc1cccnc1)NN. The Bertz CT molecular complexity index is 262. The molecule has 15 heavy (non-hydrogen) atoms. The molecule has 4 nitrogen and oxygen atoms in total. The van der Waals surface area contributed by atoms with E-state index in [1.807, 2.05) is 18.3 Å². The summed E-state index contributed by atoms with van der Waals surface area (Å²) in [6.45, 7) is 2.09. The maximum absolute atomic E-state index is 5.52. The van der Waals surface area contributed by atoms with Crippen molar-refractivity contribution < 1.29 is 4.74 Å². The Morgan fingerprint density at radius 1 is 1.60 bits per heavy atom. The Morgan fingerprint density at radius 2 is 2.40 bits per heavy atom. The van der Waals surface area contributed by atoms with E-state index < -0.39 is 0 Å². The summed E-state index contributed by atoms with van der Waals surface area (Å²) >= 11 is 0. The number of rotatable bonds is 6. The maximum Gasteiger partial charge on any atom is 0.0738 e. The van der Waals surface area contributed by atoms with Gasteiger partial charge in [0.25, 0.3) is 0 Å². The number of nitrogens with two attached hydrogens (primary N) is 1. The molecule has 0 fully saturated rings. The largest absolute Gasteiger partial charge is 0.380 e. The molecule has 0 aromatic carbocycles. The zero-order valence-corrected chi connectivity index (χ0v) is 9.31. The van der Waals surface area contributed by atoms with E-state index >= 15 is 0 Å². The molecule has 0 saturated heterocycles. The molecule has 1 rings (SSSR count). The van der Waals surface area contributed by atoms with Gasteiger partial charge < -0.3 is 4.74 Å². The van der Waals surface area contributed by atoms with Crippen molar-refractivity contribution in [2.45, 2.75) is 31.9 Å². The summed E-state index contributed by atoms with van der Waals surface area (Å²) in [6.07, 6.45) is 5.52. The molecule has 2 atom stereocenters. The summed E-state index contributed by atoms with van der Waals surface area (Å²) in [5, 5.41) is 0. The standard InChI is InChI=1S/C11H19N3O/c1-3-11(15-2)10(14-12)7-9-5-4-6-13-8-9/h4-6,8,10-11,14H,3,7,12H2,1-2H3. The number of ether oxygens (including phenoxy) is 1. The summed E-state index contributed by atoms with van der Waals surface area (Å²) in [4.78, 5) is 4.07. The van der Waals surface area contributed by atoms with Crippen molar-refractivity contribution in [3.63, 3.8) is 0 Å². The second-order valence-electron chi connectivity index (χ2n) is 3.52. The third-order valence-corrected chi connectivity index (χ3v) is 2.55. The van der Waals surface area contributed by atoms with Crippen LogP contribution < -0.4 is 11.3 Å². The summed E-state index contributed by atoms with van der Waals surface area (Å²) in [7, 11) is 1.71. The molecule has 0 aliphatic heterocycles. The van der Waals surface area contributed by atoms with Gasteiger partial charge in [0.1, 0.15) is 0 Å². The number of nitrogens with one attached hydrogen (secondary N) is 1. The van der Waals surface area contributed by atoms with E-state index in [4.69, 9.17) is 10.6 Å². The smallest absolute Gasteiger partial charge is 0.0738 e. The Hall–Kier alpha value is -0.970. The first kappa shape index (κ1) is 12.1. The topological polar surface area (TPSA) is 60.2 Å². The molecular weight excluding hydrogens is 190 g/mol. The molecule has 1 heterocycles. The first-order valence-corrected chi connectivity index (χ1v) is 5.19. The minimum absolute atomic E-state index is 0.129. The molecule has 4 heteroatoms. The average Bonchev–Trinajstić information content (AvgIpc) is 2.30. The second kappa shape index (κ2) is 6.50. The van der Waals surface area contributed by atoms with Gasteiger partial charge in [-0.15, -0.1) is 0 Å². The van der Waals surface area contributed by atoms with Crippen LogP contribution in [0.4, 0.5) is 0 Å². The van der Waals surface area contributed by atoms with Crippen molar-refractivity contribution in [3.05, 3.63) is 30.1 Å². The lowest BCUT2D eigenvalue weighted by atomic mass is 10.0. The van der Waals surface area contributed by atoms with Crippen LogP contribution >= 0.6 is 0 Å². The third-order valence-electron chi connectivity index (χ3n) is 2.55. The number of aromatic nitrogens is 1. The molecule has 0 aliphatic rings. The van der Waals surface area contributed by atoms with Gasteiger partial charge in [0.2, 0.25) is 0 Å².